The van der Waals surface area contributed by atoms with Crippen LogP contribution in [-0.4, -0.2) is 19.3 Å². The minimum absolute atomic E-state index is 0.645. The van der Waals surface area contributed by atoms with Gasteiger partial charge in [0.25, 0.3) is 0 Å². The summed E-state index contributed by atoms with van der Waals surface area (Å²) in [6.07, 6.45) is 10.1. The molecule has 3 rings (SSSR count). The first-order chi connectivity index (χ1) is 7.33. The minimum Gasteiger partial charge on any atom is -0.323 e. The van der Waals surface area contributed by atoms with E-state index >= 15 is 0 Å². The average Bonchev–Trinajstić information content (AvgIpc) is 2.83. The third-order valence-corrected chi connectivity index (χ3v) is 2.57. The third-order valence-electron chi connectivity index (χ3n) is 2.57. The topological polar surface area (TPSA) is 47.7 Å². The SMILES string of the molecule is Cn1cc(Nc2nccn2C2CC2)cn1. The Kier molecular flexibility index (Phi) is 1.77. The van der Waals surface area contributed by atoms with Gasteiger partial charge in [-0.2, -0.15) is 5.10 Å². The molecule has 5 heteroatoms. The lowest BCUT2D eigenvalue weighted by molar-refractivity contribution is 0.750. The van der Waals surface area contributed by atoms with E-state index in [9.17, 15) is 0 Å². The standard InChI is InChI=1S/C10H13N5/c1-14-7-8(6-12-14)13-10-11-4-5-15(10)9-2-3-9/h4-7,9H,2-3H2,1H3,(H,11,13). The number of hydrogen-bond donors (Lipinski definition) is 1. The van der Waals surface area contributed by atoms with Crippen LogP contribution in [0.15, 0.2) is 24.8 Å². The second-order valence-electron chi connectivity index (χ2n) is 3.92. The molecule has 15 heavy (non-hydrogen) atoms. The molecule has 2 aromatic heterocycles. The molecule has 0 saturated heterocycles. The van der Waals surface area contributed by atoms with Gasteiger partial charge in [0.15, 0.2) is 0 Å². The Bertz CT molecular complexity index is 466. The van der Waals surface area contributed by atoms with Crippen molar-refractivity contribution >= 4 is 11.6 Å². The fraction of sp³-hybridized carbons (Fsp3) is 0.400. The summed E-state index contributed by atoms with van der Waals surface area (Å²) in [6, 6.07) is 0.645. The highest BCUT2D eigenvalue weighted by molar-refractivity contribution is 5.51. The predicted molar refractivity (Wildman–Crippen MR) is 57.0 cm³/mol. The first kappa shape index (κ1) is 8.52. The maximum absolute atomic E-state index is 4.30. The van der Waals surface area contributed by atoms with Crippen molar-refractivity contribution in [2.24, 2.45) is 7.05 Å². The van der Waals surface area contributed by atoms with Crippen LogP contribution in [0.3, 0.4) is 0 Å². The van der Waals surface area contributed by atoms with Crippen LogP contribution in [0.5, 0.6) is 0 Å². The van der Waals surface area contributed by atoms with Crippen molar-refractivity contribution < 1.29 is 0 Å². The highest BCUT2D eigenvalue weighted by atomic mass is 15.3. The molecular weight excluding hydrogens is 190 g/mol. The molecule has 0 spiro atoms. The van der Waals surface area contributed by atoms with Gasteiger partial charge < -0.3 is 9.88 Å². The molecule has 2 aromatic rings. The van der Waals surface area contributed by atoms with Gasteiger partial charge >= 0.3 is 0 Å². The Hall–Kier alpha value is -1.78. The molecule has 0 atom stereocenters. The summed E-state index contributed by atoms with van der Waals surface area (Å²) in [7, 11) is 1.90. The van der Waals surface area contributed by atoms with Gasteiger partial charge in [-0.05, 0) is 12.8 Å². The van der Waals surface area contributed by atoms with Crippen LogP contribution in [0.25, 0.3) is 0 Å². The summed E-state index contributed by atoms with van der Waals surface area (Å²) in [5.41, 5.74) is 0.977. The van der Waals surface area contributed by atoms with E-state index in [-0.39, 0.29) is 0 Å². The molecule has 78 valence electrons. The quantitative estimate of drug-likeness (QED) is 0.825. The second-order valence-corrected chi connectivity index (χ2v) is 3.92. The second kappa shape index (κ2) is 3.12. The summed E-state index contributed by atoms with van der Waals surface area (Å²) in [5, 5.41) is 7.37. The molecule has 2 heterocycles. The van der Waals surface area contributed by atoms with E-state index < -0.39 is 0 Å². The fourth-order valence-corrected chi connectivity index (χ4v) is 1.67. The maximum Gasteiger partial charge on any atom is 0.207 e. The molecule has 1 saturated carbocycles. The van der Waals surface area contributed by atoms with Gasteiger partial charge in [-0.1, -0.05) is 0 Å². The molecule has 1 fully saturated rings. The lowest BCUT2D eigenvalue weighted by Crippen LogP contribution is -2.00. The molecular formula is C10H13N5. The van der Waals surface area contributed by atoms with E-state index in [4.69, 9.17) is 0 Å². The Balaban J connectivity index is 1.84. The van der Waals surface area contributed by atoms with Crippen molar-refractivity contribution in [1.82, 2.24) is 19.3 Å². The molecule has 1 aliphatic carbocycles. The number of nitrogens with zero attached hydrogens (tertiary/aromatic N) is 4. The van der Waals surface area contributed by atoms with E-state index in [0.29, 0.717) is 6.04 Å². The van der Waals surface area contributed by atoms with Crippen LogP contribution in [0, 0.1) is 0 Å². The molecule has 0 radical (unpaired) electrons. The van der Waals surface area contributed by atoms with E-state index in [1.807, 2.05) is 25.6 Å². The number of rotatable bonds is 3. The molecule has 0 aromatic carbocycles. The van der Waals surface area contributed by atoms with Crippen LogP contribution in [-0.2, 0) is 7.05 Å². The van der Waals surface area contributed by atoms with Crippen molar-refractivity contribution in [3.05, 3.63) is 24.8 Å². The van der Waals surface area contributed by atoms with Gasteiger partial charge in [-0.15, -0.1) is 0 Å². The normalized spacial score (nSPS) is 15.5. The number of anilines is 2. The Morgan fingerprint density at radius 1 is 1.47 bits per heavy atom. The minimum atomic E-state index is 0.645. The highest BCUT2D eigenvalue weighted by Crippen LogP contribution is 2.37. The number of hydrogen-bond acceptors (Lipinski definition) is 3. The van der Waals surface area contributed by atoms with Crippen molar-refractivity contribution in [3.63, 3.8) is 0 Å². The largest absolute Gasteiger partial charge is 0.323 e. The highest BCUT2D eigenvalue weighted by Gasteiger charge is 2.25. The van der Waals surface area contributed by atoms with Gasteiger partial charge in [-0.25, -0.2) is 4.98 Å². The molecule has 5 nitrogen and oxygen atoms in total. The fourth-order valence-electron chi connectivity index (χ4n) is 1.67. The first-order valence-corrected chi connectivity index (χ1v) is 5.11. The Labute approximate surface area is 87.7 Å². The van der Waals surface area contributed by atoms with Crippen molar-refractivity contribution in [2.45, 2.75) is 18.9 Å². The molecule has 0 amide bonds. The lowest BCUT2D eigenvalue weighted by atomic mass is 10.5. The smallest absolute Gasteiger partial charge is 0.207 e. The van der Waals surface area contributed by atoms with Gasteiger partial charge in [0, 0.05) is 31.7 Å². The Morgan fingerprint density at radius 2 is 2.33 bits per heavy atom. The summed E-state index contributed by atoms with van der Waals surface area (Å²) in [5.74, 6) is 0.908. The maximum atomic E-state index is 4.30. The number of aryl methyl sites for hydroxylation is 1. The molecule has 1 N–H and O–H groups in total. The van der Waals surface area contributed by atoms with Crippen LogP contribution in [0.1, 0.15) is 18.9 Å². The summed E-state index contributed by atoms with van der Waals surface area (Å²) in [6.45, 7) is 0. The van der Waals surface area contributed by atoms with Crippen molar-refractivity contribution in [1.29, 1.82) is 0 Å². The molecule has 0 aliphatic heterocycles. The zero-order chi connectivity index (χ0) is 10.3. The summed E-state index contributed by atoms with van der Waals surface area (Å²) in [4.78, 5) is 4.30. The van der Waals surface area contributed by atoms with Crippen LogP contribution < -0.4 is 5.32 Å². The van der Waals surface area contributed by atoms with Crippen LogP contribution in [0.2, 0.25) is 0 Å². The van der Waals surface area contributed by atoms with E-state index in [1.165, 1.54) is 12.8 Å². The zero-order valence-electron chi connectivity index (χ0n) is 8.59. The molecule has 0 bridgehead atoms. The number of nitrogens with one attached hydrogen (secondary N) is 1. The van der Waals surface area contributed by atoms with Gasteiger partial charge in [0.1, 0.15) is 0 Å². The van der Waals surface area contributed by atoms with Gasteiger partial charge in [-0.3, -0.25) is 4.68 Å². The summed E-state index contributed by atoms with van der Waals surface area (Å²) >= 11 is 0. The number of aromatic nitrogens is 4. The first-order valence-electron chi connectivity index (χ1n) is 5.11. The van der Waals surface area contributed by atoms with Crippen LogP contribution >= 0.6 is 0 Å². The van der Waals surface area contributed by atoms with Crippen LogP contribution in [0.4, 0.5) is 11.6 Å². The monoisotopic (exact) mass is 203 g/mol. The average molecular weight is 203 g/mol. The zero-order valence-corrected chi connectivity index (χ0v) is 8.59. The van der Waals surface area contributed by atoms with Gasteiger partial charge in [0.05, 0.1) is 11.9 Å². The lowest BCUT2D eigenvalue weighted by Gasteiger charge is -2.06. The Morgan fingerprint density at radius 3 is 3.00 bits per heavy atom. The van der Waals surface area contributed by atoms with Gasteiger partial charge in [0.2, 0.25) is 5.95 Å². The third kappa shape index (κ3) is 1.60. The molecule has 0 unspecified atom stereocenters. The predicted octanol–water partition coefficient (Wildman–Crippen LogP) is 1.70. The number of imidazole rings is 1. The van der Waals surface area contributed by atoms with E-state index in [0.717, 1.165) is 11.6 Å². The van der Waals surface area contributed by atoms with Crippen molar-refractivity contribution in [3.8, 4) is 0 Å². The summed E-state index contributed by atoms with van der Waals surface area (Å²) < 4.78 is 3.96. The van der Waals surface area contributed by atoms with E-state index in [1.54, 1.807) is 10.9 Å². The van der Waals surface area contributed by atoms with E-state index in [2.05, 4.69) is 20.0 Å². The van der Waals surface area contributed by atoms with Crippen molar-refractivity contribution in [2.75, 3.05) is 5.32 Å². The molecule has 1 aliphatic rings.